The summed E-state index contributed by atoms with van der Waals surface area (Å²) in [7, 11) is 0. The number of nitrogens with two attached hydrogens (primary N) is 2. The van der Waals surface area contributed by atoms with Gasteiger partial charge in [-0.2, -0.15) is 0 Å². The molecule has 0 heterocycles. The topological polar surface area (TPSA) is 78.3 Å². The van der Waals surface area contributed by atoms with Crippen LogP contribution in [0, 0.1) is 5.92 Å². The van der Waals surface area contributed by atoms with Gasteiger partial charge in [-0.1, -0.05) is 39.7 Å². The number of ether oxygens (including phenoxy) is 1. The Morgan fingerprint density at radius 2 is 2.07 bits per heavy atom. The summed E-state index contributed by atoms with van der Waals surface area (Å²) in [4.78, 5) is 10.8. The second kappa shape index (κ2) is 13.1. The lowest BCUT2D eigenvalue weighted by atomic mass is 10.0. The van der Waals surface area contributed by atoms with E-state index in [4.69, 9.17) is 4.74 Å². The summed E-state index contributed by atoms with van der Waals surface area (Å²) >= 11 is 0. The number of hydrazine groups is 1. The van der Waals surface area contributed by atoms with Gasteiger partial charge in [-0.05, 0) is 12.3 Å². The second-order valence-corrected chi connectivity index (χ2v) is 3.25. The highest BCUT2D eigenvalue weighted by Gasteiger charge is 2.07. The monoisotopic (exact) mass is 216 g/mol. The maximum Gasteiger partial charge on any atom is 0.330 e. The first kappa shape index (κ1) is 16.6. The number of carbonyl (C=O) groups is 1. The Balaban J connectivity index is 0. The molecular weight excluding hydrogens is 192 g/mol. The van der Waals surface area contributed by atoms with Crippen LogP contribution >= 0.6 is 0 Å². The quantitative estimate of drug-likeness (QED) is 0.294. The third kappa shape index (κ3) is 11.1. The first-order valence-electron chi connectivity index (χ1n) is 5.37. The van der Waals surface area contributed by atoms with Crippen LogP contribution in [0.1, 0.15) is 39.5 Å². The summed E-state index contributed by atoms with van der Waals surface area (Å²) in [5.41, 5.74) is 0. The molecule has 90 valence electrons. The summed E-state index contributed by atoms with van der Waals surface area (Å²) in [5, 5.41) is 0. The van der Waals surface area contributed by atoms with E-state index < -0.39 is 0 Å². The summed E-state index contributed by atoms with van der Waals surface area (Å²) in [5.74, 6) is 8.21. The van der Waals surface area contributed by atoms with Gasteiger partial charge in [0, 0.05) is 6.08 Å². The van der Waals surface area contributed by atoms with Crippen molar-refractivity contribution in [3.8, 4) is 0 Å². The van der Waals surface area contributed by atoms with Crippen LogP contribution < -0.4 is 11.7 Å². The number of unbranched alkanes of at least 4 members (excludes halogenated alkanes) is 1. The highest BCUT2D eigenvalue weighted by molar-refractivity contribution is 5.81. The Hall–Kier alpha value is -0.870. The van der Waals surface area contributed by atoms with Gasteiger partial charge in [0.1, 0.15) is 0 Å². The van der Waals surface area contributed by atoms with E-state index in [1.54, 1.807) is 0 Å². The second-order valence-electron chi connectivity index (χ2n) is 3.25. The Morgan fingerprint density at radius 1 is 1.47 bits per heavy atom. The Morgan fingerprint density at radius 3 is 2.47 bits per heavy atom. The van der Waals surface area contributed by atoms with Gasteiger partial charge in [-0.15, -0.1) is 0 Å². The van der Waals surface area contributed by atoms with Crippen molar-refractivity contribution < 1.29 is 9.53 Å². The molecule has 0 rings (SSSR count). The minimum Gasteiger partial charge on any atom is -0.462 e. The smallest absolute Gasteiger partial charge is 0.330 e. The van der Waals surface area contributed by atoms with Crippen molar-refractivity contribution in [2.75, 3.05) is 6.61 Å². The van der Waals surface area contributed by atoms with Gasteiger partial charge >= 0.3 is 5.97 Å². The molecule has 0 saturated heterocycles. The van der Waals surface area contributed by atoms with E-state index in [9.17, 15) is 4.79 Å². The molecule has 0 aliphatic rings. The van der Waals surface area contributed by atoms with Crippen LogP contribution in [0.3, 0.4) is 0 Å². The average Bonchev–Trinajstić information content (AvgIpc) is 2.31. The van der Waals surface area contributed by atoms with E-state index in [-0.39, 0.29) is 5.97 Å². The molecule has 1 atom stereocenters. The molecule has 0 fully saturated rings. The maximum atomic E-state index is 10.8. The van der Waals surface area contributed by atoms with E-state index in [0.717, 1.165) is 12.8 Å². The number of esters is 1. The van der Waals surface area contributed by atoms with Gasteiger partial charge in [-0.25, -0.2) is 4.79 Å². The lowest BCUT2D eigenvalue weighted by Crippen LogP contribution is -2.12. The Bertz CT molecular complexity index is 161. The van der Waals surface area contributed by atoms with Crippen molar-refractivity contribution in [2.24, 2.45) is 17.6 Å². The molecule has 4 nitrogen and oxygen atoms in total. The van der Waals surface area contributed by atoms with Crippen LogP contribution in [0.4, 0.5) is 0 Å². The van der Waals surface area contributed by atoms with Crippen LogP contribution in [0.5, 0.6) is 0 Å². The fraction of sp³-hybridized carbons (Fsp3) is 0.727. The zero-order valence-corrected chi connectivity index (χ0v) is 9.87. The molecule has 0 aromatic heterocycles. The van der Waals surface area contributed by atoms with Crippen molar-refractivity contribution in [2.45, 2.75) is 39.5 Å². The highest BCUT2D eigenvalue weighted by Crippen LogP contribution is 2.12. The van der Waals surface area contributed by atoms with Gasteiger partial charge in [0.25, 0.3) is 0 Å². The van der Waals surface area contributed by atoms with E-state index in [2.05, 4.69) is 32.1 Å². The third-order valence-corrected chi connectivity index (χ3v) is 2.17. The molecule has 4 N–H and O–H groups in total. The van der Waals surface area contributed by atoms with E-state index in [1.807, 2.05) is 0 Å². The Labute approximate surface area is 92.6 Å². The first-order chi connectivity index (χ1) is 7.24. The first-order valence-corrected chi connectivity index (χ1v) is 5.37. The van der Waals surface area contributed by atoms with Crippen molar-refractivity contribution in [1.29, 1.82) is 0 Å². The molecule has 0 spiro atoms. The average molecular weight is 216 g/mol. The minimum absolute atomic E-state index is 0.310. The van der Waals surface area contributed by atoms with E-state index in [1.165, 1.54) is 18.9 Å². The lowest BCUT2D eigenvalue weighted by molar-refractivity contribution is -0.139. The lowest BCUT2D eigenvalue weighted by Gasteiger charge is -2.13. The molecule has 0 saturated carbocycles. The van der Waals surface area contributed by atoms with Crippen molar-refractivity contribution in [1.82, 2.24) is 0 Å². The largest absolute Gasteiger partial charge is 0.462 e. The molecule has 0 aliphatic heterocycles. The number of hydrogen-bond acceptors (Lipinski definition) is 4. The molecule has 15 heavy (non-hydrogen) atoms. The normalized spacial score (nSPS) is 10.9. The SMILES string of the molecule is C=CC(=O)OCC(CC)CCCC.NN. The maximum absolute atomic E-state index is 10.8. The zero-order valence-electron chi connectivity index (χ0n) is 9.87. The predicted octanol–water partition coefficient (Wildman–Crippen LogP) is 1.75. The highest BCUT2D eigenvalue weighted by atomic mass is 16.5. The number of hydrogen-bond donors (Lipinski definition) is 2. The molecule has 0 radical (unpaired) electrons. The fourth-order valence-electron chi connectivity index (χ4n) is 1.16. The van der Waals surface area contributed by atoms with Crippen molar-refractivity contribution >= 4 is 5.97 Å². The standard InChI is InChI=1S/C11H20O2.H4N2/c1-4-7-8-10(5-2)9-13-11(12)6-3;1-2/h6,10H,3-5,7-9H2,1-2H3;1-2H2. The van der Waals surface area contributed by atoms with Crippen LogP contribution in [-0.4, -0.2) is 12.6 Å². The van der Waals surface area contributed by atoms with Gasteiger partial charge in [0.2, 0.25) is 0 Å². The van der Waals surface area contributed by atoms with E-state index in [0.29, 0.717) is 12.5 Å². The molecule has 0 aliphatic carbocycles. The molecule has 4 heteroatoms. The third-order valence-electron chi connectivity index (χ3n) is 2.17. The van der Waals surface area contributed by atoms with Gasteiger partial charge < -0.3 is 4.74 Å². The summed E-state index contributed by atoms with van der Waals surface area (Å²) in [6, 6.07) is 0. The zero-order chi connectivity index (χ0) is 12.1. The molecular formula is C11H24N2O2. The molecule has 0 aromatic carbocycles. The summed E-state index contributed by atoms with van der Waals surface area (Å²) in [6.07, 6.45) is 5.85. The summed E-state index contributed by atoms with van der Waals surface area (Å²) in [6.45, 7) is 8.19. The molecule has 1 unspecified atom stereocenters. The van der Waals surface area contributed by atoms with Crippen LogP contribution in [0.15, 0.2) is 12.7 Å². The Kier molecular flexibility index (Phi) is 14.5. The van der Waals surface area contributed by atoms with Crippen LogP contribution in [-0.2, 0) is 9.53 Å². The molecule has 0 amide bonds. The van der Waals surface area contributed by atoms with Gasteiger partial charge in [0.05, 0.1) is 6.61 Å². The van der Waals surface area contributed by atoms with Crippen LogP contribution in [0.25, 0.3) is 0 Å². The van der Waals surface area contributed by atoms with Crippen molar-refractivity contribution in [3.05, 3.63) is 12.7 Å². The summed E-state index contributed by atoms with van der Waals surface area (Å²) < 4.78 is 4.98. The predicted molar refractivity (Wildman–Crippen MR) is 62.8 cm³/mol. The number of carbonyl (C=O) groups excluding carboxylic acids is 1. The molecule has 0 aromatic rings. The molecule has 0 bridgehead atoms. The van der Waals surface area contributed by atoms with Gasteiger partial charge in [0.15, 0.2) is 0 Å². The van der Waals surface area contributed by atoms with E-state index >= 15 is 0 Å². The van der Waals surface area contributed by atoms with Crippen LogP contribution in [0.2, 0.25) is 0 Å². The van der Waals surface area contributed by atoms with Gasteiger partial charge in [-0.3, -0.25) is 11.7 Å². The number of rotatable bonds is 7. The fourth-order valence-corrected chi connectivity index (χ4v) is 1.16. The minimum atomic E-state index is -0.310. The van der Waals surface area contributed by atoms with Crippen molar-refractivity contribution in [3.63, 3.8) is 0 Å².